The lowest BCUT2D eigenvalue weighted by Crippen LogP contribution is -2.22. The van der Waals surface area contributed by atoms with Gasteiger partial charge in [-0.3, -0.25) is 4.79 Å². The van der Waals surface area contributed by atoms with E-state index in [0.717, 1.165) is 0 Å². The molecule has 0 atom stereocenters. The van der Waals surface area contributed by atoms with Crippen molar-refractivity contribution >= 4 is 5.78 Å². The van der Waals surface area contributed by atoms with Crippen molar-refractivity contribution in [2.45, 2.75) is 13.8 Å². The van der Waals surface area contributed by atoms with Gasteiger partial charge in [0.15, 0.2) is 17.3 Å². The SMILES string of the molecule is CCNCC(=O)c1ccc(OCC)c(F)c1. The summed E-state index contributed by atoms with van der Waals surface area (Å²) in [7, 11) is 0. The van der Waals surface area contributed by atoms with Crippen molar-refractivity contribution in [2.24, 2.45) is 0 Å². The zero-order chi connectivity index (χ0) is 12.0. The molecule has 4 heteroatoms. The molecule has 1 rings (SSSR count). The fraction of sp³-hybridized carbons (Fsp3) is 0.417. The Morgan fingerprint density at radius 3 is 2.75 bits per heavy atom. The first-order chi connectivity index (χ1) is 7.69. The van der Waals surface area contributed by atoms with Crippen LogP contribution < -0.4 is 10.1 Å². The molecule has 0 spiro atoms. The predicted molar refractivity (Wildman–Crippen MR) is 60.4 cm³/mol. The van der Waals surface area contributed by atoms with Gasteiger partial charge in [0, 0.05) is 5.56 Å². The van der Waals surface area contributed by atoms with Gasteiger partial charge in [-0.05, 0) is 31.7 Å². The number of hydrogen-bond acceptors (Lipinski definition) is 3. The number of rotatable bonds is 6. The minimum atomic E-state index is -0.496. The van der Waals surface area contributed by atoms with Gasteiger partial charge < -0.3 is 10.1 Å². The number of benzene rings is 1. The molecular weight excluding hydrogens is 209 g/mol. The van der Waals surface area contributed by atoms with Crippen molar-refractivity contribution < 1.29 is 13.9 Å². The van der Waals surface area contributed by atoms with Gasteiger partial charge in [0.25, 0.3) is 0 Å². The molecule has 0 bridgehead atoms. The number of carbonyl (C=O) groups is 1. The Kier molecular flexibility index (Phi) is 4.92. The summed E-state index contributed by atoms with van der Waals surface area (Å²) in [5, 5.41) is 2.90. The Labute approximate surface area is 94.6 Å². The number of hydrogen-bond donors (Lipinski definition) is 1. The zero-order valence-corrected chi connectivity index (χ0v) is 9.55. The second-order valence-corrected chi connectivity index (χ2v) is 3.28. The van der Waals surface area contributed by atoms with Gasteiger partial charge in [-0.1, -0.05) is 6.92 Å². The molecular formula is C12H16FNO2. The Balaban J connectivity index is 2.76. The van der Waals surface area contributed by atoms with Crippen LogP contribution in [0.5, 0.6) is 5.75 Å². The van der Waals surface area contributed by atoms with Crippen LogP contribution in [0.1, 0.15) is 24.2 Å². The van der Waals surface area contributed by atoms with E-state index in [9.17, 15) is 9.18 Å². The van der Waals surface area contributed by atoms with Crippen LogP contribution in [0.2, 0.25) is 0 Å². The monoisotopic (exact) mass is 225 g/mol. The lowest BCUT2D eigenvalue weighted by atomic mass is 10.1. The van der Waals surface area contributed by atoms with Gasteiger partial charge in [-0.2, -0.15) is 0 Å². The van der Waals surface area contributed by atoms with Crippen LogP contribution in [0.15, 0.2) is 18.2 Å². The van der Waals surface area contributed by atoms with Gasteiger partial charge in [0.1, 0.15) is 0 Å². The van der Waals surface area contributed by atoms with E-state index in [1.165, 1.54) is 12.1 Å². The molecule has 0 unspecified atom stereocenters. The average Bonchev–Trinajstić information content (AvgIpc) is 2.29. The Bertz CT molecular complexity index is 366. The van der Waals surface area contributed by atoms with Gasteiger partial charge >= 0.3 is 0 Å². The number of Topliss-reactive ketones (excluding diaryl/α,β-unsaturated/α-hetero) is 1. The third-order valence-electron chi connectivity index (χ3n) is 2.09. The van der Waals surface area contributed by atoms with Crippen molar-refractivity contribution in [1.29, 1.82) is 0 Å². The van der Waals surface area contributed by atoms with Crippen LogP contribution in [-0.4, -0.2) is 25.5 Å². The first-order valence-electron chi connectivity index (χ1n) is 5.35. The van der Waals surface area contributed by atoms with Crippen LogP contribution >= 0.6 is 0 Å². The van der Waals surface area contributed by atoms with E-state index in [1.54, 1.807) is 13.0 Å². The van der Waals surface area contributed by atoms with Crippen LogP contribution in [0.3, 0.4) is 0 Å². The van der Waals surface area contributed by atoms with Gasteiger partial charge in [-0.15, -0.1) is 0 Å². The topological polar surface area (TPSA) is 38.3 Å². The standard InChI is InChI=1S/C12H16FNO2/c1-3-14-8-11(15)9-5-6-12(16-4-2)10(13)7-9/h5-7,14H,3-4,8H2,1-2H3. The molecule has 88 valence electrons. The number of halogens is 1. The number of carbonyl (C=O) groups excluding carboxylic acids is 1. The van der Waals surface area contributed by atoms with E-state index in [0.29, 0.717) is 18.7 Å². The van der Waals surface area contributed by atoms with Crippen molar-refractivity contribution in [3.05, 3.63) is 29.6 Å². The summed E-state index contributed by atoms with van der Waals surface area (Å²) in [5.74, 6) is -0.435. The van der Waals surface area contributed by atoms with Crippen LogP contribution in [0.25, 0.3) is 0 Å². The Morgan fingerprint density at radius 1 is 1.44 bits per heavy atom. The molecule has 0 aliphatic carbocycles. The molecule has 0 heterocycles. The lowest BCUT2D eigenvalue weighted by molar-refractivity contribution is 0.0991. The summed E-state index contributed by atoms with van der Waals surface area (Å²) in [6.07, 6.45) is 0. The number of nitrogens with one attached hydrogen (secondary N) is 1. The lowest BCUT2D eigenvalue weighted by Gasteiger charge is -2.06. The molecule has 0 aromatic heterocycles. The highest BCUT2D eigenvalue weighted by Crippen LogP contribution is 2.18. The number of likely N-dealkylation sites (N-methyl/N-ethyl adjacent to an activating group) is 1. The summed E-state index contributed by atoms with van der Waals surface area (Å²) in [6.45, 7) is 5.03. The molecule has 1 aromatic rings. The second kappa shape index (κ2) is 6.23. The molecule has 0 aliphatic heterocycles. The summed E-state index contributed by atoms with van der Waals surface area (Å²) in [5.41, 5.74) is 0.363. The quantitative estimate of drug-likeness (QED) is 0.753. The molecule has 0 fully saturated rings. The highest BCUT2D eigenvalue weighted by molar-refractivity contribution is 5.97. The third-order valence-corrected chi connectivity index (χ3v) is 2.09. The minimum Gasteiger partial charge on any atom is -0.491 e. The van der Waals surface area contributed by atoms with E-state index in [2.05, 4.69) is 5.32 Å². The van der Waals surface area contributed by atoms with E-state index >= 15 is 0 Å². The first kappa shape index (κ1) is 12.6. The molecule has 1 N–H and O–H groups in total. The predicted octanol–water partition coefficient (Wildman–Crippen LogP) is 2.02. The molecule has 0 saturated carbocycles. The van der Waals surface area contributed by atoms with Gasteiger partial charge in [-0.25, -0.2) is 4.39 Å². The normalized spacial score (nSPS) is 10.2. The van der Waals surface area contributed by atoms with E-state index in [-0.39, 0.29) is 18.1 Å². The maximum atomic E-state index is 13.4. The zero-order valence-electron chi connectivity index (χ0n) is 9.55. The van der Waals surface area contributed by atoms with Crippen LogP contribution in [-0.2, 0) is 0 Å². The Morgan fingerprint density at radius 2 is 2.19 bits per heavy atom. The summed E-state index contributed by atoms with van der Waals surface area (Å²) in [4.78, 5) is 11.6. The summed E-state index contributed by atoms with van der Waals surface area (Å²) >= 11 is 0. The molecule has 0 aliphatic rings. The van der Waals surface area contributed by atoms with Crippen molar-refractivity contribution in [1.82, 2.24) is 5.32 Å². The van der Waals surface area contributed by atoms with E-state index in [4.69, 9.17) is 4.74 Å². The van der Waals surface area contributed by atoms with Gasteiger partial charge in [0.2, 0.25) is 0 Å². The molecule has 0 saturated heterocycles. The fourth-order valence-corrected chi connectivity index (χ4v) is 1.29. The van der Waals surface area contributed by atoms with Crippen LogP contribution in [0, 0.1) is 5.82 Å². The van der Waals surface area contributed by atoms with Crippen molar-refractivity contribution in [2.75, 3.05) is 19.7 Å². The fourth-order valence-electron chi connectivity index (χ4n) is 1.29. The molecule has 0 amide bonds. The molecule has 16 heavy (non-hydrogen) atoms. The smallest absolute Gasteiger partial charge is 0.176 e. The summed E-state index contributed by atoms with van der Waals surface area (Å²) < 4.78 is 18.5. The maximum Gasteiger partial charge on any atom is 0.176 e. The highest BCUT2D eigenvalue weighted by Gasteiger charge is 2.09. The van der Waals surface area contributed by atoms with Crippen molar-refractivity contribution in [3.63, 3.8) is 0 Å². The molecule has 1 aromatic carbocycles. The van der Waals surface area contributed by atoms with E-state index < -0.39 is 5.82 Å². The number of ketones is 1. The maximum absolute atomic E-state index is 13.4. The molecule has 3 nitrogen and oxygen atoms in total. The largest absolute Gasteiger partial charge is 0.491 e. The average molecular weight is 225 g/mol. The second-order valence-electron chi connectivity index (χ2n) is 3.28. The highest BCUT2D eigenvalue weighted by atomic mass is 19.1. The third kappa shape index (κ3) is 3.31. The Hall–Kier alpha value is -1.42. The summed E-state index contributed by atoms with van der Waals surface area (Å²) in [6, 6.07) is 4.27. The van der Waals surface area contributed by atoms with E-state index in [1.807, 2.05) is 6.92 Å². The van der Waals surface area contributed by atoms with Crippen LogP contribution in [0.4, 0.5) is 4.39 Å². The number of ether oxygens (including phenoxy) is 1. The minimum absolute atomic E-state index is 0.121. The van der Waals surface area contributed by atoms with Crippen molar-refractivity contribution in [3.8, 4) is 5.75 Å². The first-order valence-corrected chi connectivity index (χ1v) is 5.35. The van der Waals surface area contributed by atoms with Gasteiger partial charge in [0.05, 0.1) is 13.2 Å². The molecule has 0 radical (unpaired) electrons.